The average Bonchev–Trinajstić information content (AvgIpc) is 2.91. The maximum absolute atomic E-state index is 13.4. The Balaban J connectivity index is 1.47. The summed E-state index contributed by atoms with van der Waals surface area (Å²) in [5.41, 5.74) is -3.86. The van der Waals surface area contributed by atoms with E-state index < -0.39 is 28.7 Å². The van der Waals surface area contributed by atoms with Gasteiger partial charge in [0.1, 0.15) is 29.2 Å². The number of rotatable bonds is 1. The molecule has 178 valence electrons. The van der Waals surface area contributed by atoms with Crippen molar-refractivity contribution in [3.63, 3.8) is 0 Å². The van der Waals surface area contributed by atoms with E-state index in [4.69, 9.17) is 9.47 Å². The van der Waals surface area contributed by atoms with Crippen molar-refractivity contribution in [3.8, 4) is 0 Å². The number of hydrogen-bond donors (Lipinski definition) is 2. The van der Waals surface area contributed by atoms with E-state index >= 15 is 0 Å². The first-order chi connectivity index (χ1) is 14.8. The van der Waals surface area contributed by atoms with Gasteiger partial charge in [-0.05, 0) is 68.6 Å². The van der Waals surface area contributed by atoms with Crippen LogP contribution in [0.5, 0.6) is 0 Å². The van der Waals surface area contributed by atoms with Crippen molar-refractivity contribution >= 4 is 17.7 Å². The molecule has 4 aliphatic carbocycles. The molecule has 0 bridgehead atoms. The van der Waals surface area contributed by atoms with Crippen LogP contribution >= 0.6 is 0 Å². The minimum Gasteiger partial charge on any atom is -0.463 e. The summed E-state index contributed by atoms with van der Waals surface area (Å²) < 4.78 is 11.1. The van der Waals surface area contributed by atoms with Crippen molar-refractivity contribution in [2.75, 3.05) is 0 Å². The smallest absolute Gasteiger partial charge is 0.309 e. The van der Waals surface area contributed by atoms with Gasteiger partial charge in [-0.15, -0.1) is 0 Å². The summed E-state index contributed by atoms with van der Waals surface area (Å²) in [5, 5.41) is 23.1. The van der Waals surface area contributed by atoms with E-state index in [0.717, 1.165) is 25.7 Å². The summed E-state index contributed by atoms with van der Waals surface area (Å²) in [6.45, 7) is 7.23. The second kappa shape index (κ2) is 6.78. The van der Waals surface area contributed by atoms with Gasteiger partial charge in [-0.1, -0.05) is 13.8 Å². The standard InChI is InChI=1S/C25H36O7/c1-13(26)31-14-5-7-22(2)16-6-8-23(3)17(15(16)10-19(27)18(22)9-14)11-20-25(23,30)24(4,29)12-21(28)32-20/h14-18,20,29-30H,5-12H2,1-4H3/t14?,15?,16?,17?,18-,20?,22-,23+,24?,25-/m1/s1. The molecule has 0 radical (unpaired) electrons. The second-order valence-electron chi connectivity index (χ2n) is 12.0. The second-order valence-corrected chi connectivity index (χ2v) is 12.0. The molecule has 32 heavy (non-hydrogen) atoms. The molecule has 1 saturated heterocycles. The zero-order valence-corrected chi connectivity index (χ0v) is 19.6. The van der Waals surface area contributed by atoms with Crippen LogP contribution in [0.25, 0.3) is 0 Å². The summed E-state index contributed by atoms with van der Waals surface area (Å²) in [6.07, 6.45) is 3.58. The van der Waals surface area contributed by atoms with Gasteiger partial charge in [-0.2, -0.15) is 0 Å². The Morgan fingerprint density at radius 1 is 1.06 bits per heavy atom. The SMILES string of the molecule is CC(=O)OC1CC[C@]2(C)C3CC[C@@]4(C)C(CC5OC(=O)CC(C)(O)[C@@]54O)C3CC(=O)[C@H]2C1. The molecule has 0 spiro atoms. The molecule has 0 aromatic rings. The number of ether oxygens (including phenoxy) is 2. The fourth-order valence-corrected chi connectivity index (χ4v) is 9.06. The van der Waals surface area contributed by atoms with E-state index in [1.807, 2.05) is 6.92 Å². The predicted molar refractivity (Wildman–Crippen MR) is 113 cm³/mol. The first-order valence-corrected chi connectivity index (χ1v) is 12.2. The van der Waals surface area contributed by atoms with Crippen molar-refractivity contribution in [3.05, 3.63) is 0 Å². The molecule has 1 heterocycles. The topological polar surface area (TPSA) is 110 Å². The number of esters is 2. The van der Waals surface area contributed by atoms with Crippen molar-refractivity contribution in [2.45, 2.75) is 102 Å². The van der Waals surface area contributed by atoms with Crippen molar-refractivity contribution in [1.29, 1.82) is 0 Å². The molecule has 6 unspecified atom stereocenters. The molecule has 2 N–H and O–H groups in total. The number of carbonyl (C=O) groups excluding carboxylic acids is 3. The highest BCUT2D eigenvalue weighted by Gasteiger charge is 2.75. The van der Waals surface area contributed by atoms with Crippen LogP contribution in [0.3, 0.4) is 0 Å². The minimum atomic E-state index is -1.56. The van der Waals surface area contributed by atoms with E-state index in [1.54, 1.807) is 6.92 Å². The maximum atomic E-state index is 13.4. The molecule has 5 aliphatic rings. The fraction of sp³-hybridized carbons (Fsp3) is 0.880. The number of carbonyl (C=O) groups is 3. The summed E-state index contributed by atoms with van der Waals surface area (Å²) in [6, 6.07) is 0. The molecular formula is C25H36O7. The van der Waals surface area contributed by atoms with Gasteiger partial charge in [-0.3, -0.25) is 14.4 Å². The first-order valence-electron chi connectivity index (χ1n) is 12.2. The third kappa shape index (κ3) is 2.70. The Morgan fingerprint density at radius 3 is 2.47 bits per heavy atom. The molecule has 0 amide bonds. The Bertz CT molecular complexity index is 866. The number of fused-ring (bicyclic) bond motifs is 7. The van der Waals surface area contributed by atoms with Crippen molar-refractivity contribution in [1.82, 2.24) is 0 Å². The van der Waals surface area contributed by atoms with Crippen LogP contribution in [0, 0.1) is 34.5 Å². The van der Waals surface area contributed by atoms with Crippen LogP contribution in [0.2, 0.25) is 0 Å². The Labute approximate surface area is 189 Å². The van der Waals surface area contributed by atoms with Gasteiger partial charge in [0.05, 0.1) is 6.42 Å². The van der Waals surface area contributed by atoms with Crippen LogP contribution in [0.4, 0.5) is 0 Å². The molecule has 4 saturated carbocycles. The molecule has 5 rings (SSSR count). The predicted octanol–water partition coefficient (Wildman–Crippen LogP) is 2.55. The lowest BCUT2D eigenvalue weighted by Crippen LogP contribution is -2.70. The molecule has 7 nitrogen and oxygen atoms in total. The number of ketones is 1. The van der Waals surface area contributed by atoms with Crippen LogP contribution in [0.1, 0.15) is 79.1 Å². The lowest BCUT2D eigenvalue weighted by Gasteiger charge is -2.62. The molecule has 10 atom stereocenters. The molecule has 7 heteroatoms. The summed E-state index contributed by atoms with van der Waals surface area (Å²) in [7, 11) is 0. The van der Waals surface area contributed by atoms with Crippen LogP contribution < -0.4 is 0 Å². The Kier molecular flexibility index (Phi) is 4.73. The molecular weight excluding hydrogens is 412 g/mol. The number of aliphatic hydroxyl groups is 2. The van der Waals surface area contributed by atoms with Gasteiger partial charge in [0.2, 0.25) is 0 Å². The van der Waals surface area contributed by atoms with Gasteiger partial charge in [-0.25, -0.2) is 0 Å². The van der Waals surface area contributed by atoms with Gasteiger partial charge < -0.3 is 19.7 Å². The maximum Gasteiger partial charge on any atom is 0.309 e. The highest BCUT2D eigenvalue weighted by atomic mass is 16.6. The molecule has 0 aromatic carbocycles. The Hall–Kier alpha value is -1.47. The number of Topliss-reactive ketones (excluding diaryl/α,β-unsaturated/α-hetero) is 1. The van der Waals surface area contributed by atoms with Crippen LogP contribution in [-0.4, -0.2) is 51.3 Å². The molecule has 1 aliphatic heterocycles. The van der Waals surface area contributed by atoms with Gasteiger partial charge in [0.25, 0.3) is 0 Å². The van der Waals surface area contributed by atoms with Crippen LogP contribution in [-0.2, 0) is 23.9 Å². The lowest BCUT2D eigenvalue weighted by atomic mass is 9.43. The Morgan fingerprint density at radius 2 is 1.78 bits per heavy atom. The third-order valence-corrected chi connectivity index (χ3v) is 10.5. The summed E-state index contributed by atoms with van der Waals surface area (Å²) >= 11 is 0. The summed E-state index contributed by atoms with van der Waals surface area (Å²) in [5.74, 6) is -0.237. The normalized spacial score (nSPS) is 54.6. The van der Waals surface area contributed by atoms with E-state index in [-0.39, 0.29) is 47.4 Å². The van der Waals surface area contributed by atoms with Gasteiger partial charge in [0, 0.05) is 24.7 Å². The van der Waals surface area contributed by atoms with E-state index in [0.29, 0.717) is 25.2 Å². The van der Waals surface area contributed by atoms with E-state index in [2.05, 4.69) is 6.92 Å². The van der Waals surface area contributed by atoms with E-state index in [1.165, 1.54) is 6.92 Å². The monoisotopic (exact) mass is 448 g/mol. The number of hydrogen-bond acceptors (Lipinski definition) is 7. The zero-order chi connectivity index (χ0) is 23.3. The molecule has 0 aromatic heterocycles. The fourth-order valence-electron chi connectivity index (χ4n) is 9.06. The molecule has 5 fully saturated rings. The van der Waals surface area contributed by atoms with Crippen molar-refractivity contribution in [2.24, 2.45) is 34.5 Å². The van der Waals surface area contributed by atoms with Crippen molar-refractivity contribution < 1.29 is 34.1 Å². The van der Waals surface area contributed by atoms with Gasteiger partial charge in [0.15, 0.2) is 0 Å². The highest BCUT2D eigenvalue weighted by Crippen LogP contribution is 2.70. The zero-order valence-electron chi connectivity index (χ0n) is 19.6. The van der Waals surface area contributed by atoms with Crippen LogP contribution in [0.15, 0.2) is 0 Å². The quantitative estimate of drug-likeness (QED) is 0.593. The van der Waals surface area contributed by atoms with E-state index in [9.17, 15) is 24.6 Å². The minimum absolute atomic E-state index is 0.00143. The van der Waals surface area contributed by atoms with Gasteiger partial charge >= 0.3 is 11.9 Å². The highest BCUT2D eigenvalue weighted by molar-refractivity contribution is 5.83. The third-order valence-electron chi connectivity index (χ3n) is 10.5. The lowest BCUT2D eigenvalue weighted by molar-refractivity contribution is -0.271. The largest absolute Gasteiger partial charge is 0.463 e. The average molecular weight is 449 g/mol. The first kappa shape index (κ1) is 22.3. The summed E-state index contributed by atoms with van der Waals surface area (Å²) in [4.78, 5) is 37.1.